The Balaban J connectivity index is 2.19. The predicted molar refractivity (Wildman–Crippen MR) is 70.7 cm³/mol. The van der Waals surface area contributed by atoms with Crippen LogP contribution in [0.5, 0.6) is 0 Å². The quantitative estimate of drug-likeness (QED) is 0.813. The second-order valence-corrected chi connectivity index (χ2v) is 6.11. The normalized spacial score (nSPS) is 23.5. The number of Topliss-reactive ketones (excluding diaryl/α,β-unsaturated/α-hetero) is 1. The number of aryl methyl sites for hydroxylation is 1. The minimum absolute atomic E-state index is 0.267. The molecular weight excluding hydrogens is 232 g/mol. The first-order chi connectivity index (χ1) is 8.11. The van der Waals surface area contributed by atoms with Crippen LogP contribution in [-0.2, 0) is 16.0 Å². The number of hydrogen-bond acceptors (Lipinski definition) is 3. The molecule has 17 heavy (non-hydrogen) atoms. The average molecular weight is 252 g/mol. The van der Waals surface area contributed by atoms with E-state index >= 15 is 0 Å². The molecule has 0 aliphatic heterocycles. The van der Waals surface area contributed by atoms with Crippen molar-refractivity contribution < 1.29 is 9.53 Å². The van der Waals surface area contributed by atoms with Gasteiger partial charge in [-0.2, -0.15) is 0 Å². The zero-order chi connectivity index (χ0) is 12.4. The van der Waals surface area contributed by atoms with Gasteiger partial charge in [-0.3, -0.25) is 0 Å². The van der Waals surface area contributed by atoms with Crippen LogP contribution in [0.15, 0.2) is 6.07 Å². The molecule has 1 aromatic heterocycles. The van der Waals surface area contributed by atoms with Crippen LogP contribution in [0.1, 0.15) is 60.4 Å². The molecule has 0 fully saturated rings. The Hall–Kier alpha value is -0.670. The van der Waals surface area contributed by atoms with Crippen molar-refractivity contribution in [2.45, 2.75) is 51.6 Å². The molecular formula is C14H20O2S. The molecule has 2 nitrogen and oxygen atoms in total. The van der Waals surface area contributed by atoms with Crippen LogP contribution in [-0.4, -0.2) is 12.9 Å². The number of thiophene rings is 1. The van der Waals surface area contributed by atoms with Gasteiger partial charge >= 0.3 is 0 Å². The summed E-state index contributed by atoms with van der Waals surface area (Å²) in [4.78, 5) is 13.8. The third-order valence-electron chi connectivity index (χ3n) is 3.51. The van der Waals surface area contributed by atoms with Crippen LogP contribution in [0.25, 0.3) is 0 Å². The van der Waals surface area contributed by atoms with E-state index in [-0.39, 0.29) is 11.9 Å². The Labute approximate surface area is 107 Å². The summed E-state index contributed by atoms with van der Waals surface area (Å²) < 4.78 is 5.54. The molecule has 3 heteroatoms. The molecule has 0 amide bonds. The van der Waals surface area contributed by atoms with Crippen LogP contribution in [0, 0.1) is 0 Å². The molecule has 0 saturated carbocycles. The second-order valence-electron chi connectivity index (χ2n) is 4.94. The van der Waals surface area contributed by atoms with E-state index in [0.717, 1.165) is 12.8 Å². The van der Waals surface area contributed by atoms with Crippen molar-refractivity contribution in [3.05, 3.63) is 21.4 Å². The maximum Gasteiger partial charge on any atom is 0.130 e. The van der Waals surface area contributed by atoms with Crippen LogP contribution in [0.3, 0.4) is 0 Å². The van der Waals surface area contributed by atoms with E-state index in [1.807, 2.05) is 11.3 Å². The number of ketones is 1. The van der Waals surface area contributed by atoms with Crippen molar-refractivity contribution in [2.24, 2.45) is 0 Å². The zero-order valence-electron chi connectivity index (χ0n) is 10.8. The number of fused-ring (bicyclic) bond motifs is 1. The minimum Gasteiger partial charge on any atom is -0.377 e. The summed E-state index contributed by atoms with van der Waals surface area (Å²) in [6.07, 6.45) is 4.14. The van der Waals surface area contributed by atoms with Gasteiger partial charge in [0.2, 0.25) is 0 Å². The summed E-state index contributed by atoms with van der Waals surface area (Å²) in [6.45, 7) is 3.95. The molecule has 0 aromatic carbocycles. The van der Waals surface area contributed by atoms with Crippen LogP contribution in [0.4, 0.5) is 0 Å². The van der Waals surface area contributed by atoms with E-state index in [1.54, 1.807) is 14.0 Å². The minimum atomic E-state index is 0.267. The predicted octanol–water partition coefficient (Wildman–Crippen LogP) is 3.85. The molecule has 0 saturated heterocycles. The van der Waals surface area contributed by atoms with E-state index in [0.29, 0.717) is 12.3 Å². The van der Waals surface area contributed by atoms with Gasteiger partial charge in [-0.15, -0.1) is 11.3 Å². The highest BCUT2D eigenvalue weighted by Gasteiger charge is 2.27. The van der Waals surface area contributed by atoms with Crippen LogP contribution >= 0.6 is 11.3 Å². The first-order valence-electron chi connectivity index (χ1n) is 6.26. The van der Waals surface area contributed by atoms with Gasteiger partial charge < -0.3 is 9.53 Å². The summed E-state index contributed by atoms with van der Waals surface area (Å²) in [7, 11) is 1.79. The van der Waals surface area contributed by atoms with Gasteiger partial charge in [-0.1, -0.05) is 6.92 Å². The van der Waals surface area contributed by atoms with Gasteiger partial charge in [0, 0.05) is 23.3 Å². The van der Waals surface area contributed by atoms with Crippen LogP contribution < -0.4 is 0 Å². The number of ether oxygens (including phenoxy) is 1. The number of methoxy groups -OCH3 is 1. The molecule has 0 spiro atoms. The summed E-state index contributed by atoms with van der Waals surface area (Å²) in [5, 5.41) is 0. The van der Waals surface area contributed by atoms with Crippen molar-refractivity contribution in [1.82, 2.24) is 0 Å². The molecule has 0 radical (unpaired) electrons. The Kier molecular flexibility index (Phi) is 4.00. The van der Waals surface area contributed by atoms with Crippen molar-refractivity contribution >= 4 is 17.1 Å². The lowest BCUT2D eigenvalue weighted by atomic mass is 9.88. The lowest BCUT2D eigenvalue weighted by molar-refractivity contribution is -0.116. The first-order valence-corrected chi connectivity index (χ1v) is 7.08. The lowest BCUT2D eigenvalue weighted by Gasteiger charge is -2.25. The lowest BCUT2D eigenvalue weighted by Crippen LogP contribution is -2.11. The molecule has 0 bridgehead atoms. The topological polar surface area (TPSA) is 26.3 Å². The average Bonchev–Trinajstić information content (AvgIpc) is 2.72. The molecule has 1 heterocycles. The summed E-state index contributed by atoms with van der Waals surface area (Å²) >= 11 is 1.87. The van der Waals surface area contributed by atoms with Gasteiger partial charge in [0.1, 0.15) is 5.78 Å². The largest absolute Gasteiger partial charge is 0.377 e. The molecule has 2 unspecified atom stereocenters. The van der Waals surface area contributed by atoms with E-state index < -0.39 is 0 Å². The molecule has 2 atom stereocenters. The van der Waals surface area contributed by atoms with E-state index in [2.05, 4.69) is 13.0 Å². The summed E-state index contributed by atoms with van der Waals surface area (Å²) in [5.74, 6) is 0.917. The first kappa shape index (κ1) is 12.8. The van der Waals surface area contributed by atoms with Crippen molar-refractivity contribution in [3.8, 4) is 0 Å². The Morgan fingerprint density at radius 1 is 1.53 bits per heavy atom. The summed E-state index contributed by atoms with van der Waals surface area (Å²) in [6, 6.07) is 2.26. The molecule has 1 aliphatic carbocycles. The monoisotopic (exact) mass is 252 g/mol. The fraction of sp³-hybridized carbons (Fsp3) is 0.643. The van der Waals surface area contributed by atoms with Crippen molar-refractivity contribution in [3.63, 3.8) is 0 Å². The van der Waals surface area contributed by atoms with Gasteiger partial charge in [-0.25, -0.2) is 0 Å². The second kappa shape index (κ2) is 5.32. The van der Waals surface area contributed by atoms with Crippen molar-refractivity contribution in [1.29, 1.82) is 0 Å². The number of rotatable bonds is 4. The maximum atomic E-state index is 11.0. The zero-order valence-corrected chi connectivity index (χ0v) is 11.6. The molecule has 0 N–H and O–H groups in total. The molecule has 1 aliphatic rings. The molecule has 2 rings (SSSR count). The number of hydrogen-bond donors (Lipinski definition) is 0. The van der Waals surface area contributed by atoms with E-state index in [9.17, 15) is 4.79 Å². The van der Waals surface area contributed by atoms with Gasteiger partial charge in [-0.05, 0) is 43.7 Å². The fourth-order valence-electron chi connectivity index (χ4n) is 2.47. The van der Waals surface area contributed by atoms with E-state index in [1.165, 1.54) is 21.7 Å². The maximum absolute atomic E-state index is 11.0. The van der Waals surface area contributed by atoms with Gasteiger partial charge in [0.05, 0.1) is 6.10 Å². The SMILES string of the molecule is COC1CCC(C)c2sc(CCC(C)=O)cc21. The standard InChI is InChI=1S/C14H20O2S/c1-9-4-7-13(16-3)12-8-11(17-14(9)12)6-5-10(2)15/h8-9,13H,4-7H2,1-3H3. The highest BCUT2D eigenvalue weighted by Crippen LogP contribution is 2.43. The Morgan fingerprint density at radius 3 is 2.94 bits per heavy atom. The smallest absolute Gasteiger partial charge is 0.130 e. The van der Waals surface area contributed by atoms with Crippen LogP contribution in [0.2, 0.25) is 0 Å². The number of carbonyl (C=O) groups excluding carboxylic acids is 1. The molecule has 1 aromatic rings. The van der Waals surface area contributed by atoms with E-state index in [4.69, 9.17) is 4.74 Å². The number of carbonyl (C=O) groups is 1. The van der Waals surface area contributed by atoms with Gasteiger partial charge in [0.25, 0.3) is 0 Å². The fourth-order valence-corrected chi connectivity index (χ4v) is 3.77. The summed E-state index contributed by atoms with van der Waals surface area (Å²) in [5.41, 5.74) is 1.37. The Bertz CT molecular complexity index is 408. The van der Waals surface area contributed by atoms with Crippen molar-refractivity contribution in [2.75, 3.05) is 7.11 Å². The molecule has 94 valence electrons. The Morgan fingerprint density at radius 2 is 2.29 bits per heavy atom. The highest BCUT2D eigenvalue weighted by molar-refractivity contribution is 7.12. The van der Waals surface area contributed by atoms with Gasteiger partial charge in [0.15, 0.2) is 0 Å². The highest BCUT2D eigenvalue weighted by atomic mass is 32.1. The third kappa shape index (κ3) is 2.78. The third-order valence-corrected chi connectivity index (χ3v) is 4.95.